The minimum Gasteiger partial charge on any atom is -0.324 e. The van der Waals surface area contributed by atoms with Gasteiger partial charge in [-0.3, -0.25) is 9.78 Å². The monoisotopic (exact) mass is 453 g/mol. The van der Waals surface area contributed by atoms with Crippen molar-refractivity contribution in [3.8, 4) is 11.3 Å². The van der Waals surface area contributed by atoms with E-state index in [2.05, 4.69) is 50.5 Å². The molecule has 1 spiro atoms. The van der Waals surface area contributed by atoms with Crippen LogP contribution in [0.5, 0.6) is 0 Å². The molecule has 1 aliphatic carbocycles. The number of rotatable bonds is 4. The molecule has 0 saturated heterocycles. The lowest BCUT2D eigenvalue weighted by molar-refractivity contribution is 0.271. The zero-order valence-electron chi connectivity index (χ0n) is 19.6. The van der Waals surface area contributed by atoms with Gasteiger partial charge in [-0.1, -0.05) is 6.07 Å². The number of anilines is 2. The van der Waals surface area contributed by atoms with Gasteiger partial charge < -0.3 is 10.2 Å². The van der Waals surface area contributed by atoms with Crippen molar-refractivity contribution >= 4 is 22.5 Å². The van der Waals surface area contributed by atoms with Crippen molar-refractivity contribution < 1.29 is 0 Å². The molecule has 1 N–H and O–H groups in total. The lowest BCUT2D eigenvalue weighted by atomic mass is 9.87. The molecule has 0 bridgehead atoms. The molecule has 1 aromatic carbocycles. The van der Waals surface area contributed by atoms with Crippen molar-refractivity contribution in [2.45, 2.75) is 44.7 Å². The van der Waals surface area contributed by atoms with Crippen molar-refractivity contribution in [3.63, 3.8) is 0 Å². The molecular formula is C26H27N7O. The summed E-state index contributed by atoms with van der Waals surface area (Å²) in [5.41, 5.74) is 5.95. The van der Waals surface area contributed by atoms with Gasteiger partial charge in [0.2, 0.25) is 5.95 Å². The summed E-state index contributed by atoms with van der Waals surface area (Å²) in [6.45, 7) is 5.95. The second kappa shape index (κ2) is 7.70. The number of benzene rings is 1. The summed E-state index contributed by atoms with van der Waals surface area (Å²) >= 11 is 0. The molecule has 8 nitrogen and oxygen atoms in total. The molecule has 3 aromatic heterocycles. The van der Waals surface area contributed by atoms with Crippen molar-refractivity contribution in [1.29, 1.82) is 0 Å². The Morgan fingerprint density at radius 3 is 2.65 bits per heavy atom. The Hall–Kier alpha value is -3.65. The third kappa shape index (κ3) is 3.45. The van der Waals surface area contributed by atoms with Crippen LogP contribution >= 0.6 is 0 Å². The van der Waals surface area contributed by atoms with Crippen molar-refractivity contribution in [1.82, 2.24) is 29.6 Å². The lowest BCUT2D eigenvalue weighted by Gasteiger charge is -2.32. The first-order valence-electron chi connectivity index (χ1n) is 11.7. The predicted octanol–water partition coefficient (Wildman–Crippen LogP) is 4.05. The van der Waals surface area contributed by atoms with Gasteiger partial charge in [-0.15, -0.1) is 0 Å². The van der Waals surface area contributed by atoms with Crippen molar-refractivity contribution in [3.05, 3.63) is 70.4 Å². The minimum atomic E-state index is -0.194. The zero-order valence-corrected chi connectivity index (χ0v) is 19.6. The Kier molecular flexibility index (Phi) is 4.74. The van der Waals surface area contributed by atoms with Crippen LogP contribution in [0.15, 0.2) is 53.7 Å². The van der Waals surface area contributed by atoms with E-state index in [1.807, 2.05) is 26.0 Å². The lowest BCUT2D eigenvalue weighted by Crippen LogP contribution is -2.35. The topological polar surface area (TPSA) is 88.8 Å². The molecular weight excluding hydrogens is 426 g/mol. The van der Waals surface area contributed by atoms with Crippen molar-refractivity contribution in [2.75, 3.05) is 18.9 Å². The summed E-state index contributed by atoms with van der Waals surface area (Å²) < 4.78 is 1.49. The molecule has 0 radical (unpaired) electrons. The Morgan fingerprint density at radius 1 is 1.12 bits per heavy atom. The number of nitrogens with zero attached hydrogens (tertiary/aromatic N) is 6. The van der Waals surface area contributed by atoms with E-state index in [0.29, 0.717) is 28.0 Å². The van der Waals surface area contributed by atoms with Gasteiger partial charge in [0.25, 0.3) is 5.56 Å². The summed E-state index contributed by atoms with van der Waals surface area (Å²) in [6.07, 6.45) is 7.56. The number of pyridine rings is 1. The molecule has 172 valence electrons. The SMILES string of the molecule is CC(C)n1nc(-c2ccncc2)c2nc(Nc3ccc4c(c3)CN(C)CC43CC3)ncc2c1=O. The van der Waals surface area contributed by atoms with E-state index in [0.717, 1.165) is 24.3 Å². The van der Waals surface area contributed by atoms with Crippen LogP contribution in [0.2, 0.25) is 0 Å². The van der Waals surface area contributed by atoms with Crippen molar-refractivity contribution in [2.24, 2.45) is 0 Å². The largest absolute Gasteiger partial charge is 0.324 e. The summed E-state index contributed by atoms with van der Waals surface area (Å²) in [4.78, 5) is 28.8. The van der Waals surface area contributed by atoms with Crippen LogP contribution in [0.4, 0.5) is 11.6 Å². The molecule has 6 rings (SSSR count). The van der Waals surface area contributed by atoms with Gasteiger partial charge in [-0.05, 0) is 69.1 Å². The Balaban J connectivity index is 1.43. The fraction of sp³-hybridized carbons (Fsp3) is 0.346. The fourth-order valence-corrected chi connectivity index (χ4v) is 5.13. The minimum absolute atomic E-state index is 0.0846. The molecule has 4 heterocycles. The van der Waals surface area contributed by atoms with Crippen LogP contribution < -0.4 is 10.9 Å². The molecule has 0 amide bonds. The second-order valence-electron chi connectivity index (χ2n) is 9.83. The van der Waals surface area contributed by atoms with Crippen LogP contribution in [0.25, 0.3) is 22.2 Å². The highest BCUT2D eigenvalue weighted by atomic mass is 16.1. The van der Waals surface area contributed by atoms with Gasteiger partial charge in [-0.25, -0.2) is 14.6 Å². The number of fused-ring (bicyclic) bond motifs is 3. The van der Waals surface area contributed by atoms with Gasteiger partial charge in [0.05, 0.1) is 11.4 Å². The van der Waals surface area contributed by atoms with E-state index in [4.69, 9.17) is 4.98 Å². The van der Waals surface area contributed by atoms with E-state index >= 15 is 0 Å². The summed E-state index contributed by atoms with van der Waals surface area (Å²) in [7, 11) is 2.19. The maximum Gasteiger partial charge on any atom is 0.278 e. The first-order valence-corrected chi connectivity index (χ1v) is 11.7. The van der Waals surface area contributed by atoms with Crippen LogP contribution in [-0.2, 0) is 12.0 Å². The maximum absolute atomic E-state index is 13.1. The van der Waals surface area contributed by atoms with Crippen LogP contribution in [0.1, 0.15) is 43.9 Å². The van der Waals surface area contributed by atoms with E-state index in [-0.39, 0.29) is 11.6 Å². The second-order valence-corrected chi connectivity index (χ2v) is 9.83. The Bertz CT molecular complexity index is 1460. The smallest absolute Gasteiger partial charge is 0.278 e. The molecule has 34 heavy (non-hydrogen) atoms. The van der Waals surface area contributed by atoms with Gasteiger partial charge >= 0.3 is 0 Å². The maximum atomic E-state index is 13.1. The van der Waals surface area contributed by atoms with Crippen LogP contribution in [0.3, 0.4) is 0 Å². The Labute approximate surface area is 197 Å². The quantitative estimate of drug-likeness (QED) is 0.499. The average molecular weight is 454 g/mol. The summed E-state index contributed by atoms with van der Waals surface area (Å²) in [5, 5.41) is 8.46. The first-order chi connectivity index (χ1) is 16.4. The Morgan fingerprint density at radius 2 is 1.91 bits per heavy atom. The molecule has 1 fully saturated rings. The highest BCUT2D eigenvalue weighted by Gasteiger charge is 2.48. The normalized spacial score (nSPS) is 16.7. The van der Waals surface area contributed by atoms with Gasteiger partial charge in [0.15, 0.2) is 0 Å². The van der Waals surface area contributed by atoms with E-state index in [9.17, 15) is 4.79 Å². The standard InChI is InChI=1S/C26H27N7O/c1-16(2)33-24(34)20-13-28-25(30-23(20)22(31-33)17-6-10-27-11-7-17)29-19-4-5-21-18(12-19)14-32(3)15-26(21)8-9-26/h4-7,10-13,16H,8-9,14-15H2,1-3H3,(H,28,29,30). The molecule has 8 heteroatoms. The van der Waals surface area contributed by atoms with Crippen LogP contribution in [0, 0.1) is 0 Å². The van der Waals surface area contributed by atoms with Crippen LogP contribution in [-0.4, -0.2) is 43.2 Å². The average Bonchev–Trinajstić information content (AvgIpc) is 3.58. The van der Waals surface area contributed by atoms with Gasteiger partial charge in [0, 0.05) is 48.3 Å². The highest BCUT2D eigenvalue weighted by Crippen LogP contribution is 2.52. The first kappa shape index (κ1) is 20.9. The van der Waals surface area contributed by atoms with E-state index in [1.54, 1.807) is 18.6 Å². The molecule has 0 unspecified atom stereocenters. The molecule has 2 aliphatic rings. The molecule has 1 saturated carbocycles. The summed E-state index contributed by atoms with van der Waals surface area (Å²) in [5.74, 6) is 0.441. The summed E-state index contributed by atoms with van der Waals surface area (Å²) in [6, 6.07) is 10.2. The molecule has 1 aliphatic heterocycles. The number of hydrogen-bond acceptors (Lipinski definition) is 7. The number of likely N-dealkylation sites (N-methyl/N-ethyl adjacent to an activating group) is 1. The third-order valence-electron chi connectivity index (χ3n) is 6.90. The fourth-order valence-electron chi connectivity index (χ4n) is 5.13. The predicted molar refractivity (Wildman–Crippen MR) is 132 cm³/mol. The van der Waals surface area contributed by atoms with Gasteiger partial charge in [-0.2, -0.15) is 5.10 Å². The zero-order chi connectivity index (χ0) is 23.4. The number of hydrogen-bond donors (Lipinski definition) is 1. The van der Waals surface area contributed by atoms with E-state index < -0.39 is 0 Å². The van der Waals surface area contributed by atoms with Gasteiger partial charge in [0.1, 0.15) is 11.2 Å². The number of aromatic nitrogens is 5. The third-order valence-corrected chi connectivity index (χ3v) is 6.90. The highest BCUT2D eigenvalue weighted by molar-refractivity contribution is 5.90. The molecule has 4 aromatic rings. The van der Waals surface area contributed by atoms with E-state index in [1.165, 1.54) is 28.7 Å². The number of nitrogens with one attached hydrogen (secondary N) is 1. The molecule has 0 atom stereocenters.